The SMILES string of the molecule is CC(C)C(=O)ON=Cc1c(C(F)(F)F)nn(C)c1SCc1ccccc1Cl. The number of rotatable bonds is 6. The van der Waals surface area contributed by atoms with Crippen LogP contribution in [0.2, 0.25) is 5.02 Å². The number of carbonyl (C=O) groups is 1. The van der Waals surface area contributed by atoms with E-state index in [4.69, 9.17) is 11.6 Å². The molecule has 5 nitrogen and oxygen atoms in total. The molecule has 0 radical (unpaired) electrons. The Balaban J connectivity index is 2.32. The number of carbonyl (C=O) groups excluding carboxylic acids is 1. The Kier molecular flexibility index (Phi) is 6.94. The highest BCUT2D eigenvalue weighted by atomic mass is 35.5. The Morgan fingerprint density at radius 2 is 2.07 bits per heavy atom. The molecule has 0 fully saturated rings. The molecule has 0 atom stereocenters. The van der Waals surface area contributed by atoms with Crippen LogP contribution in [0.3, 0.4) is 0 Å². The smallest absolute Gasteiger partial charge is 0.318 e. The molecule has 2 rings (SSSR count). The van der Waals surface area contributed by atoms with Crippen LogP contribution in [0, 0.1) is 5.92 Å². The fourth-order valence-electron chi connectivity index (χ4n) is 2.02. The molecule has 0 unspecified atom stereocenters. The number of nitrogens with zero attached hydrogens (tertiary/aromatic N) is 3. The molecule has 0 aliphatic heterocycles. The zero-order chi connectivity index (χ0) is 20.2. The van der Waals surface area contributed by atoms with E-state index in [-0.39, 0.29) is 10.6 Å². The minimum absolute atomic E-state index is 0.228. The minimum Gasteiger partial charge on any atom is -0.318 e. The number of hydrogen-bond acceptors (Lipinski definition) is 5. The van der Waals surface area contributed by atoms with E-state index in [9.17, 15) is 18.0 Å². The summed E-state index contributed by atoms with van der Waals surface area (Å²) in [4.78, 5) is 16.1. The van der Waals surface area contributed by atoms with E-state index in [0.29, 0.717) is 10.8 Å². The fraction of sp³-hybridized carbons (Fsp3) is 0.353. The summed E-state index contributed by atoms with van der Waals surface area (Å²) >= 11 is 7.22. The van der Waals surface area contributed by atoms with Crippen molar-refractivity contribution in [3.8, 4) is 0 Å². The lowest BCUT2D eigenvalue weighted by atomic mass is 10.2. The second-order valence-electron chi connectivity index (χ2n) is 5.87. The van der Waals surface area contributed by atoms with Crippen molar-refractivity contribution in [1.29, 1.82) is 0 Å². The van der Waals surface area contributed by atoms with Crippen LogP contribution in [0.25, 0.3) is 0 Å². The van der Waals surface area contributed by atoms with Crippen molar-refractivity contribution in [3.05, 3.63) is 46.1 Å². The van der Waals surface area contributed by atoms with Gasteiger partial charge in [0.05, 0.1) is 17.7 Å². The average Bonchev–Trinajstić information content (AvgIpc) is 2.90. The summed E-state index contributed by atoms with van der Waals surface area (Å²) in [6, 6.07) is 7.05. The largest absolute Gasteiger partial charge is 0.435 e. The highest BCUT2D eigenvalue weighted by Gasteiger charge is 2.38. The maximum Gasteiger partial charge on any atom is 0.435 e. The van der Waals surface area contributed by atoms with Gasteiger partial charge in [-0.05, 0) is 11.6 Å². The average molecular weight is 420 g/mol. The number of oxime groups is 1. The third-order valence-electron chi connectivity index (χ3n) is 3.42. The summed E-state index contributed by atoms with van der Waals surface area (Å²) in [6.45, 7) is 3.18. The van der Waals surface area contributed by atoms with Crippen LogP contribution in [-0.2, 0) is 28.6 Å². The lowest BCUT2D eigenvalue weighted by Crippen LogP contribution is -2.10. The molecule has 0 aliphatic carbocycles. The standard InChI is InChI=1S/C17H17ClF3N3O2S/c1-10(2)16(25)26-22-8-12-14(17(19,20)21)23-24(3)15(12)27-9-11-6-4-5-7-13(11)18/h4-8,10H,9H2,1-3H3. The number of hydrogen-bond donors (Lipinski definition) is 0. The maximum absolute atomic E-state index is 13.3. The summed E-state index contributed by atoms with van der Waals surface area (Å²) in [5.74, 6) is -0.760. The summed E-state index contributed by atoms with van der Waals surface area (Å²) in [5.41, 5.74) is -0.595. The van der Waals surface area contributed by atoms with Crippen molar-refractivity contribution in [3.63, 3.8) is 0 Å². The topological polar surface area (TPSA) is 56.5 Å². The van der Waals surface area contributed by atoms with Gasteiger partial charge in [0.25, 0.3) is 0 Å². The van der Waals surface area contributed by atoms with Crippen LogP contribution in [0.5, 0.6) is 0 Å². The van der Waals surface area contributed by atoms with Gasteiger partial charge in [0.1, 0.15) is 5.03 Å². The van der Waals surface area contributed by atoms with Crippen LogP contribution in [0.1, 0.15) is 30.7 Å². The van der Waals surface area contributed by atoms with E-state index in [2.05, 4.69) is 15.1 Å². The first-order valence-electron chi connectivity index (χ1n) is 7.86. The Morgan fingerprint density at radius 3 is 2.67 bits per heavy atom. The molecule has 146 valence electrons. The molecule has 27 heavy (non-hydrogen) atoms. The van der Waals surface area contributed by atoms with Gasteiger partial charge in [-0.2, -0.15) is 18.3 Å². The lowest BCUT2D eigenvalue weighted by molar-refractivity contribution is -0.147. The second-order valence-corrected chi connectivity index (χ2v) is 7.24. The molecule has 1 heterocycles. The first-order valence-corrected chi connectivity index (χ1v) is 9.22. The third-order valence-corrected chi connectivity index (χ3v) is 5.00. The van der Waals surface area contributed by atoms with Gasteiger partial charge in [-0.3, -0.25) is 4.68 Å². The molecular formula is C17H17ClF3N3O2S. The van der Waals surface area contributed by atoms with Crippen LogP contribution in [0.4, 0.5) is 13.2 Å². The summed E-state index contributed by atoms with van der Waals surface area (Å²) in [5, 5.41) is 7.72. The van der Waals surface area contributed by atoms with Crippen molar-refractivity contribution in [2.45, 2.75) is 30.8 Å². The lowest BCUT2D eigenvalue weighted by Gasteiger charge is -2.06. The number of thioether (sulfide) groups is 1. The van der Waals surface area contributed by atoms with Crippen molar-refractivity contribution in [1.82, 2.24) is 9.78 Å². The van der Waals surface area contributed by atoms with Crippen molar-refractivity contribution in [2.24, 2.45) is 18.1 Å². The molecule has 2 aromatic rings. The number of aryl methyl sites for hydroxylation is 1. The van der Waals surface area contributed by atoms with Gasteiger partial charge < -0.3 is 4.84 Å². The van der Waals surface area contributed by atoms with Gasteiger partial charge in [0, 0.05) is 17.8 Å². The Morgan fingerprint density at radius 1 is 1.41 bits per heavy atom. The van der Waals surface area contributed by atoms with E-state index in [1.54, 1.807) is 38.1 Å². The van der Waals surface area contributed by atoms with Crippen molar-refractivity contribution in [2.75, 3.05) is 0 Å². The van der Waals surface area contributed by atoms with Gasteiger partial charge in [-0.1, -0.05) is 48.8 Å². The molecule has 0 saturated carbocycles. The predicted octanol–water partition coefficient (Wildman–Crippen LogP) is 4.92. The van der Waals surface area contributed by atoms with Crippen molar-refractivity contribution < 1.29 is 22.8 Å². The Hall–Kier alpha value is -2.00. The first kappa shape index (κ1) is 21.3. The highest BCUT2D eigenvalue weighted by Crippen LogP contribution is 2.36. The molecular weight excluding hydrogens is 403 g/mol. The Bertz CT molecular complexity index is 850. The van der Waals surface area contributed by atoms with Gasteiger partial charge in [0.2, 0.25) is 0 Å². The molecule has 0 spiro atoms. The fourth-order valence-corrected chi connectivity index (χ4v) is 3.38. The van der Waals surface area contributed by atoms with E-state index in [1.807, 2.05) is 0 Å². The molecule has 1 aromatic heterocycles. The Labute approximate surface area is 163 Å². The van der Waals surface area contributed by atoms with E-state index in [1.165, 1.54) is 7.05 Å². The highest BCUT2D eigenvalue weighted by molar-refractivity contribution is 7.98. The number of benzene rings is 1. The number of aromatic nitrogens is 2. The molecule has 10 heteroatoms. The normalized spacial score (nSPS) is 12.1. The van der Waals surface area contributed by atoms with Crippen LogP contribution in [-0.4, -0.2) is 22.0 Å². The summed E-state index contributed by atoms with van der Waals surface area (Å²) in [7, 11) is 1.40. The molecule has 0 amide bonds. The predicted molar refractivity (Wildman–Crippen MR) is 97.7 cm³/mol. The van der Waals surface area contributed by atoms with Crippen molar-refractivity contribution >= 4 is 35.5 Å². The van der Waals surface area contributed by atoms with Crippen LogP contribution >= 0.6 is 23.4 Å². The minimum atomic E-state index is -4.68. The van der Waals surface area contributed by atoms with Gasteiger partial charge in [0.15, 0.2) is 5.69 Å². The molecule has 0 saturated heterocycles. The molecule has 0 N–H and O–H groups in total. The third kappa shape index (κ3) is 5.49. The van der Waals surface area contributed by atoms with Gasteiger partial charge in [-0.15, -0.1) is 11.8 Å². The quantitative estimate of drug-likeness (QED) is 0.289. The van der Waals surface area contributed by atoms with Crippen LogP contribution in [0.15, 0.2) is 34.4 Å². The van der Waals surface area contributed by atoms with E-state index < -0.39 is 23.8 Å². The summed E-state index contributed by atoms with van der Waals surface area (Å²) in [6.07, 6.45) is -3.81. The zero-order valence-corrected chi connectivity index (χ0v) is 16.3. The zero-order valence-electron chi connectivity index (χ0n) is 14.7. The second kappa shape index (κ2) is 8.79. The first-order chi connectivity index (χ1) is 12.6. The van der Waals surface area contributed by atoms with E-state index in [0.717, 1.165) is 28.2 Å². The number of alkyl halides is 3. The molecule has 0 bridgehead atoms. The molecule has 0 aliphatic rings. The molecule has 1 aromatic carbocycles. The van der Waals surface area contributed by atoms with Gasteiger partial charge >= 0.3 is 12.1 Å². The van der Waals surface area contributed by atoms with Crippen LogP contribution < -0.4 is 0 Å². The summed E-state index contributed by atoms with van der Waals surface area (Å²) < 4.78 is 41.0. The monoisotopic (exact) mass is 419 g/mol. The number of halogens is 4. The van der Waals surface area contributed by atoms with Gasteiger partial charge in [-0.25, -0.2) is 4.79 Å². The maximum atomic E-state index is 13.3. The van der Waals surface area contributed by atoms with E-state index >= 15 is 0 Å².